The van der Waals surface area contributed by atoms with Gasteiger partial charge in [-0.2, -0.15) is 0 Å². The second-order valence-corrected chi connectivity index (χ2v) is 5.09. The van der Waals surface area contributed by atoms with Gasteiger partial charge in [0, 0.05) is 19.0 Å². The van der Waals surface area contributed by atoms with E-state index < -0.39 is 0 Å². The van der Waals surface area contributed by atoms with Gasteiger partial charge in [-0.1, -0.05) is 36.4 Å². The number of amides is 1. The Morgan fingerprint density at radius 2 is 1.86 bits per heavy atom. The highest BCUT2D eigenvalue weighted by Gasteiger charge is 2.16. The number of phenolic OH excluding ortho intramolecular Hbond substituents is 1. The van der Waals surface area contributed by atoms with Crippen LogP contribution in [0.3, 0.4) is 0 Å². The van der Waals surface area contributed by atoms with E-state index in [1.54, 1.807) is 17.0 Å². The van der Waals surface area contributed by atoms with Crippen molar-refractivity contribution in [2.75, 3.05) is 11.4 Å². The summed E-state index contributed by atoms with van der Waals surface area (Å²) in [5, 5.41) is 9.63. The zero-order valence-electron chi connectivity index (χ0n) is 12.5. The summed E-state index contributed by atoms with van der Waals surface area (Å²) in [6.07, 6.45) is 1.20. The number of aryl methyl sites for hydroxylation is 2. The normalized spacial score (nSPS) is 10.4. The van der Waals surface area contributed by atoms with Crippen LogP contribution in [0.4, 0.5) is 5.69 Å². The Morgan fingerprint density at radius 1 is 1.14 bits per heavy atom. The molecule has 0 aliphatic carbocycles. The average molecular weight is 283 g/mol. The zero-order chi connectivity index (χ0) is 15.2. The van der Waals surface area contributed by atoms with Crippen molar-refractivity contribution in [2.24, 2.45) is 0 Å². The van der Waals surface area contributed by atoms with Gasteiger partial charge in [0.15, 0.2) is 0 Å². The number of hydrogen-bond acceptors (Lipinski definition) is 2. The van der Waals surface area contributed by atoms with Crippen LogP contribution in [0, 0.1) is 6.92 Å². The molecule has 0 unspecified atom stereocenters. The van der Waals surface area contributed by atoms with E-state index in [2.05, 4.69) is 0 Å². The van der Waals surface area contributed by atoms with E-state index >= 15 is 0 Å². The highest BCUT2D eigenvalue weighted by atomic mass is 16.3. The van der Waals surface area contributed by atoms with E-state index in [-0.39, 0.29) is 11.7 Å². The molecule has 0 aliphatic heterocycles. The van der Waals surface area contributed by atoms with Gasteiger partial charge in [-0.15, -0.1) is 0 Å². The second kappa shape index (κ2) is 6.93. The smallest absolute Gasteiger partial charge is 0.227 e. The molecule has 0 aromatic heterocycles. The molecular formula is C18H21NO2. The summed E-state index contributed by atoms with van der Waals surface area (Å²) in [6.45, 7) is 4.49. The molecule has 0 heterocycles. The van der Waals surface area contributed by atoms with Crippen molar-refractivity contribution in [1.82, 2.24) is 0 Å². The highest BCUT2D eigenvalue weighted by molar-refractivity contribution is 5.94. The van der Waals surface area contributed by atoms with Crippen molar-refractivity contribution in [3.63, 3.8) is 0 Å². The van der Waals surface area contributed by atoms with E-state index in [1.807, 2.05) is 50.2 Å². The predicted octanol–water partition coefficient (Wildman–Crippen LogP) is 3.69. The first-order valence-electron chi connectivity index (χ1n) is 7.25. The molecular weight excluding hydrogens is 262 g/mol. The molecule has 0 fully saturated rings. The van der Waals surface area contributed by atoms with Crippen molar-refractivity contribution in [2.45, 2.75) is 26.7 Å². The number of benzene rings is 2. The Bertz CT molecular complexity index is 608. The summed E-state index contributed by atoms with van der Waals surface area (Å²) in [4.78, 5) is 14.2. The van der Waals surface area contributed by atoms with E-state index in [0.29, 0.717) is 13.0 Å². The highest BCUT2D eigenvalue weighted by Crippen LogP contribution is 2.25. The largest absolute Gasteiger partial charge is 0.508 e. The van der Waals surface area contributed by atoms with Crippen LogP contribution in [-0.4, -0.2) is 17.6 Å². The van der Waals surface area contributed by atoms with Crippen molar-refractivity contribution >= 4 is 11.6 Å². The number of carbonyl (C=O) groups excluding carboxylic acids is 1. The molecule has 110 valence electrons. The lowest BCUT2D eigenvalue weighted by molar-refractivity contribution is -0.118. The van der Waals surface area contributed by atoms with Crippen molar-refractivity contribution in [3.05, 3.63) is 59.7 Å². The van der Waals surface area contributed by atoms with Crippen LogP contribution in [0.5, 0.6) is 5.75 Å². The van der Waals surface area contributed by atoms with Crippen molar-refractivity contribution in [3.8, 4) is 5.75 Å². The lowest BCUT2D eigenvalue weighted by atomic mass is 10.1. The van der Waals surface area contributed by atoms with E-state index in [4.69, 9.17) is 0 Å². The summed E-state index contributed by atoms with van der Waals surface area (Å²) in [7, 11) is 0. The lowest BCUT2D eigenvalue weighted by Crippen LogP contribution is -2.31. The van der Waals surface area contributed by atoms with Gasteiger partial charge in [0.25, 0.3) is 0 Å². The van der Waals surface area contributed by atoms with Gasteiger partial charge in [0.1, 0.15) is 5.75 Å². The number of hydrogen-bond donors (Lipinski definition) is 1. The quantitative estimate of drug-likeness (QED) is 0.909. The fourth-order valence-corrected chi connectivity index (χ4v) is 2.40. The van der Waals surface area contributed by atoms with E-state index in [9.17, 15) is 9.90 Å². The van der Waals surface area contributed by atoms with Crippen LogP contribution in [-0.2, 0) is 11.2 Å². The molecule has 0 bridgehead atoms. The molecule has 0 aliphatic rings. The maximum atomic E-state index is 12.5. The molecule has 2 rings (SSSR count). The molecule has 0 atom stereocenters. The third-order valence-electron chi connectivity index (χ3n) is 3.57. The fraction of sp³-hybridized carbons (Fsp3) is 0.278. The third kappa shape index (κ3) is 3.85. The number of nitrogens with zero attached hydrogens (tertiary/aromatic N) is 1. The van der Waals surface area contributed by atoms with Gasteiger partial charge >= 0.3 is 0 Å². The Kier molecular flexibility index (Phi) is 4.99. The molecule has 1 amide bonds. The molecule has 2 aromatic rings. The minimum atomic E-state index is 0.0788. The fourth-order valence-electron chi connectivity index (χ4n) is 2.40. The lowest BCUT2D eigenvalue weighted by Gasteiger charge is -2.23. The number of rotatable bonds is 5. The standard InChI is InChI=1S/C18H21NO2/c1-3-19(17-13-16(20)11-9-14(17)2)18(21)12-10-15-7-5-4-6-8-15/h4-9,11,13,20H,3,10,12H2,1-2H3. The molecule has 2 aromatic carbocycles. The summed E-state index contributed by atoms with van der Waals surface area (Å²) < 4.78 is 0. The van der Waals surface area contributed by atoms with Gasteiger partial charge in [-0.3, -0.25) is 4.79 Å². The Hall–Kier alpha value is -2.29. The van der Waals surface area contributed by atoms with E-state index in [1.165, 1.54) is 0 Å². The minimum Gasteiger partial charge on any atom is -0.508 e. The second-order valence-electron chi connectivity index (χ2n) is 5.09. The molecule has 1 N–H and O–H groups in total. The maximum absolute atomic E-state index is 12.5. The summed E-state index contributed by atoms with van der Waals surface area (Å²) in [6, 6.07) is 15.1. The van der Waals surface area contributed by atoms with Gasteiger partial charge < -0.3 is 10.0 Å². The van der Waals surface area contributed by atoms with Crippen LogP contribution in [0.15, 0.2) is 48.5 Å². The topological polar surface area (TPSA) is 40.5 Å². The number of phenols is 1. The molecule has 21 heavy (non-hydrogen) atoms. The SMILES string of the molecule is CCN(C(=O)CCc1ccccc1)c1cc(O)ccc1C. The predicted molar refractivity (Wildman–Crippen MR) is 85.6 cm³/mol. The van der Waals surface area contributed by atoms with Crippen molar-refractivity contribution in [1.29, 1.82) is 0 Å². The molecule has 0 saturated carbocycles. The Morgan fingerprint density at radius 3 is 2.52 bits per heavy atom. The van der Waals surface area contributed by atoms with E-state index in [0.717, 1.165) is 23.2 Å². The number of anilines is 1. The molecule has 3 nitrogen and oxygen atoms in total. The van der Waals surface area contributed by atoms with Crippen LogP contribution in [0.1, 0.15) is 24.5 Å². The monoisotopic (exact) mass is 283 g/mol. The molecule has 0 radical (unpaired) electrons. The molecule has 0 spiro atoms. The maximum Gasteiger partial charge on any atom is 0.227 e. The summed E-state index contributed by atoms with van der Waals surface area (Å²) >= 11 is 0. The third-order valence-corrected chi connectivity index (χ3v) is 3.57. The molecule has 3 heteroatoms. The van der Waals surface area contributed by atoms with Gasteiger partial charge in [-0.05, 0) is 37.5 Å². The van der Waals surface area contributed by atoms with Crippen LogP contribution in [0.2, 0.25) is 0 Å². The first-order chi connectivity index (χ1) is 10.1. The van der Waals surface area contributed by atoms with Gasteiger partial charge in [0.2, 0.25) is 5.91 Å². The van der Waals surface area contributed by atoms with Gasteiger partial charge in [-0.25, -0.2) is 0 Å². The van der Waals surface area contributed by atoms with Gasteiger partial charge in [0.05, 0.1) is 5.69 Å². The number of carbonyl (C=O) groups is 1. The Labute approximate surface area is 125 Å². The van der Waals surface area contributed by atoms with Crippen LogP contribution in [0.25, 0.3) is 0 Å². The summed E-state index contributed by atoms with van der Waals surface area (Å²) in [5.74, 6) is 0.264. The zero-order valence-corrected chi connectivity index (χ0v) is 12.5. The van der Waals surface area contributed by atoms with Crippen LogP contribution < -0.4 is 4.90 Å². The van der Waals surface area contributed by atoms with Crippen LogP contribution >= 0.6 is 0 Å². The summed E-state index contributed by atoms with van der Waals surface area (Å²) in [5.41, 5.74) is 2.94. The Balaban J connectivity index is 2.10. The van der Waals surface area contributed by atoms with Crippen molar-refractivity contribution < 1.29 is 9.90 Å². The average Bonchev–Trinajstić information content (AvgIpc) is 2.50. The first-order valence-corrected chi connectivity index (χ1v) is 7.25. The minimum absolute atomic E-state index is 0.0788. The number of aromatic hydroxyl groups is 1. The molecule has 0 saturated heterocycles. The first kappa shape index (κ1) is 15.1.